The largest absolute Gasteiger partial charge is 0.336 e. The first kappa shape index (κ1) is 22.3. The van der Waals surface area contributed by atoms with Crippen LogP contribution in [0.3, 0.4) is 0 Å². The molecule has 2 aliphatic heterocycles. The number of carbonyl (C=O) groups is 1. The number of sulfone groups is 1. The molecule has 0 radical (unpaired) electrons. The number of nitrogens with one attached hydrogen (secondary N) is 1. The molecule has 3 fully saturated rings. The van der Waals surface area contributed by atoms with Crippen LogP contribution < -0.4 is 4.72 Å². The molecular formula is C18H23Cl2N3O5S2. The minimum atomic E-state index is -3.84. The number of piperazine rings is 1. The summed E-state index contributed by atoms with van der Waals surface area (Å²) in [6.07, 6.45) is 2.18. The molecule has 0 unspecified atom stereocenters. The first-order valence-corrected chi connectivity index (χ1v) is 13.9. The molecule has 12 heteroatoms. The smallest absolute Gasteiger partial charge is 0.255 e. The number of carbonyl (C=O) groups excluding carboxylic acids is 1. The zero-order valence-corrected chi connectivity index (χ0v) is 19.3. The van der Waals surface area contributed by atoms with Crippen LogP contribution in [-0.2, 0) is 19.9 Å². The molecule has 1 aromatic rings. The molecular weight excluding hydrogens is 473 g/mol. The molecule has 0 aromatic heterocycles. The van der Waals surface area contributed by atoms with E-state index >= 15 is 0 Å². The quantitative estimate of drug-likeness (QED) is 0.661. The number of rotatable bonds is 5. The van der Waals surface area contributed by atoms with Crippen molar-refractivity contribution in [3.05, 3.63) is 27.7 Å². The first-order chi connectivity index (χ1) is 14.1. The van der Waals surface area contributed by atoms with Gasteiger partial charge in [-0.25, -0.2) is 21.6 Å². The van der Waals surface area contributed by atoms with Crippen molar-refractivity contribution in [3.63, 3.8) is 0 Å². The summed E-state index contributed by atoms with van der Waals surface area (Å²) in [7, 11) is -6.80. The van der Waals surface area contributed by atoms with E-state index < -0.39 is 19.9 Å². The van der Waals surface area contributed by atoms with Gasteiger partial charge in [-0.05, 0) is 31.4 Å². The fourth-order valence-corrected chi connectivity index (χ4v) is 7.83. The van der Waals surface area contributed by atoms with Crippen LogP contribution in [0.2, 0.25) is 10.0 Å². The van der Waals surface area contributed by atoms with Gasteiger partial charge < -0.3 is 4.90 Å². The molecule has 8 nitrogen and oxygen atoms in total. The molecule has 0 spiro atoms. The molecule has 1 atom stereocenters. The number of sulfonamides is 1. The fraction of sp³-hybridized carbons (Fsp3) is 0.611. The Labute approximate surface area is 186 Å². The maximum absolute atomic E-state index is 13.0. The zero-order chi connectivity index (χ0) is 21.7. The summed E-state index contributed by atoms with van der Waals surface area (Å²) >= 11 is 12.3. The summed E-state index contributed by atoms with van der Waals surface area (Å²) in [5, 5.41) is 0.0663. The third-order valence-electron chi connectivity index (χ3n) is 5.77. The van der Waals surface area contributed by atoms with Crippen molar-refractivity contribution in [1.82, 2.24) is 14.5 Å². The topological polar surface area (TPSA) is 104 Å². The highest BCUT2D eigenvalue weighted by atomic mass is 35.5. The number of hydrogen-bond donors (Lipinski definition) is 1. The number of halogens is 2. The van der Waals surface area contributed by atoms with Crippen LogP contribution in [0.15, 0.2) is 17.0 Å². The average Bonchev–Trinajstić information content (AvgIpc) is 3.40. The van der Waals surface area contributed by atoms with Crippen molar-refractivity contribution >= 4 is 49.0 Å². The molecule has 1 N–H and O–H groups in total. The second-order valence-electron chi connectivity index (χ2n) is 8.04. The van der Waals surface area contributed by atoms with Gasteiger partial charge in [-0.1, -0.05) is 23.2 Å². The standard InChI is InChI=1S/C18H23Cl2N3O5S2/c19-15-10-16(20)17(30(27,28)21-12-1-2-12)9-14(15)18(24)23-6-4-22(5-7-23)13-3-8-29(25,26)11-13/h9-10,12-13,21H,1-8,11H2/t13-/m0/s1. The van der Waals surface area contributed by atoms with Crippen LogP contribution in [0, 0.1) is 0 Å². The fourth-order valence-electron chi connectivity index (χ4n) is 3.91. The van der Waals surface area contributed by atoms with Crippen LogP contribution in [0.4, 0.5) is 0 Å². The Morgan fingerprint density at radius 3 is 2.27 bits per heavy atom. The maximum Gasteiger partial charge on any atom is 0.255 e. The molecule has 2 heterocycles. The van der Waals surface area contributed by atoms with Crippen molar-refractivity contribution in [3.8, 4) is 0 Å². The molecule has 1 amide bonds. The van der Waals surface area contributed by atoms with Gasteiger partial charge in [-0.3, -0.25) is 9.69 Å². The lowest BCUT2D eigenvalue weighted by Crippen LogP contribution is -2.52. The minimum Gasteiger partial charge on any atom is -0.336 e. The first-order valence-electron chi connectivity index (χ1n) is 9.81. The van der Waals surface area contributed by atoms with Crippen LogP contribution in [0.1, 0.15) is 29.6 Å². The SMILES string of the molecule is O=C(c1cc(S(=O)(=O)NC2CC2)c(Cl)cc1Cl)N1CCN([C@H]2CCS(=O)(=O)C2)CC1. The highest BCUT2D eigenvalue weighted by molar-refractivity contribution is 7.91. The van der Waals surface area contributed by atoms with Crippen LogP contribution in [0.25, 0.3) is 0 Å². The molecule has 30 heavy (non-hydrogen) atoms. The van der Waals surface area contributed by atoms with E-state index in [1.54, 1.807) is 4.90 Å². The van der Waals surface area contributed by atoms with Gasteiger partial charge in [0.05, 0.1) is 27.1 Å². The Hall–Kier alpha value is -0.910. The van der Waals surface area contributed by atoms with Gasteiger partial charge in [0.1, 0.15) is 4.90 Å². The molecule has 2 saturated heterocycles. The summed E-state index contributed by atoms with van der Waals surface area (Å²) in [4.78, 5) is 16.6. The molecule has 3 aliphatic rings. The van der Waals surface area contributed by atoms with Gasteiger partial charge in [0.25, 0.3) is 5.91 Å². The van der Waals surface area contributed by atoms with Gasteiger partial charge in [0.15, 0.2) is 9.84 Å². The van der Waals surface area contributed by atoms with Crippen LogP contribution in [0.5, 0.6) is 0 Å². The number of benzene rings is 1. The van der Waals surface area contributed by atoms with Gasteiger partial charge in [-0.2, -0.15) is 0 Å². The normalized spacial score (nSPS) is 24.9. The Morgan fingerprint density at radius 2 is 1.70 bits per heavy atom. The third-order valence-corrected chi connectivity index (χ3v) is 9.82. The monoisotopic (exact) mass is 495 g/mol. The van der Waals surface area contributed by atoms with E-state index in [4.69, 9.17) is 23.2 Å². The molecule has 4 rings (SSSR count). The van der Waals surface area contributed by atoms with Crippen molar-refractivity contribution < 1.29 is 21.6 Å². The highest BCUT2D eigenvalue weighted by Crippen LogP contribution is 2.31. The summed E-state index contributed by atoms with van der Waals surface area (Å²) in [5.41, 5.74) is 0.0918. The van der Waals surface area contributed by atoms with Crippen molar-refractivity contribution in [1.29, 1.82) is 0 Å². The summed E-state index contributed by atoms with van der Waals surface area (Å²) in [5.74, 6) is 0.0147. The predicted molar refractivity (Wildman–Crippen MR) is 114 cm³/mol. The lowest BCUT2D eigenvalue weighted by Gasteiger charge is -2.37. The summed E-state index contributed by atoms with van der Waals surface area (Å²) in [6, 6.07) is 2.44. The average molecular weight is 496 g/mol. The second-order valence-corrected chi connectivity index (χ2v) is 12.8. The lowest BCUT2D eigenvalue weighted by molar-refractivity contribution is 0.0587. The Kier molecular flexibility index (Phi) is 6.10. The Balaban J connectivity index is 1.48. The number of amides is 1. The zero-order valence-electron chi connectivity index (χ0n) is 16.2. The van der Waals surface area contributed by atoms with Crippen LogP contribution >= 0.6 is 23.2 Å². The molecule has 1 saturated carbocycles. The van der Waals surface area contributed by atoms with E-state index in [1.165, 1.54) is 12.1 Å². The van der Waals surface area contributed by atoms with E-state index in [0.29, 0.717) is 32.6 Å². The molecule has 0 bridgehead atoms. The van der Waals surface area contributed by atoms with Crippen molar-refractivity contribution in [2.45, 2.75) is 36.2 Å². The van der Waals surface area contributed by atoms with E-state index in [2.05, 4.69) is 9.62 Å². The maximum atomic E-state index is 13.0. The lowest BCUT2D eigenvalue weighted by atomic mass is 10.1. The van der Waals surface area contributed by atoms with E-state index in [1.807, 2.05) is 0 Å². The Morgan fingerprint density at radius 1 is 1.03 bits per heavy atom. The van der Waals surface area contributed by atoms with Gasteiger partial charge >= 0.3 is 0 Å². The predicted octanol–water partition coefficient (Wildman–Crippen LogP) is 1.38. The number of hydrogen-bond acceptors (Lipinski definition) is 6. The summed E-state index contributed by atoms with van der Waals surface area (Å²) in [6.45, 7) is 1.95. The van der Waals surface area contributed by atoms with Gasteiger partial charge in [0, 0.05) is 38.3 Å². The summed E-state index contributed by atoms with van der Waals surface area (Å²) < 4.78 is 51.2. The molecule has 1 aromatic carbocycles. The molecule has 1 aliphatic carbocycles. The van der Waals surface area contributed by atoms with Crippen molar-refractivity contribution in [2.75, 3.05) is 37.7 Å². The van der Waals surface area contributed by atoms with Crippen LogP contribution in [-0.4, -0.2) is 82.3 Å². The third kappa shape index (κ3) is 4.78. The molecule has 166 valence electrons. The van der Waals surface area contributed by atoms with Crippen molar-refractivity contribution in [2.24, 2.45) is 0 Å². The Bertz CT molecular complexity index is 1070. The van der Waals surface area contributed by atoms with E-state index in [9.17, 15) is 21.6 Å². The van der Waals surface area contributed by atoms with Gasteiger partial charge in [-0.15, -0.1) is 0 Å². The second kappa shape index (κ2) is 8.22. The van der Waals surface area contributed by atoms with E-state index in [0.717, 1.165) is 12.8 Å². The number of nitrogens with zero attached hydrogens (tertiary/aromatic N) is 2. The minimum absolute atomic E-state index is 0.00313. The van der Waals surface area contributed by atoms with Gasteiger partial charge in [0.2, 0.25) is 10.0 Å². The van der Waals surface area contributed by atoms with E-state index in [-0.39, 0.29) is 50.0 Å². The highest BCUT2D eigenvalue weighted by Gasteiger charge is 2.35.